The summed E-state index contributed by atoms with van der Waals surface area (Å²) in [7, 11) is 2.14. The lowest BCUT2D eigenvalue weighted by molar-refractivity contribution is 0.526. The summed E-state index contributed by atoms with van der Waals surface area (Å²) >= 11 is 0. The molecule has 0 saturated carbocycles. The third-order valence-corrected chi connectivity index (χ3v) is 5.25. The Morgan fingerprint density at radius 1 is 1.07 bits per heavy atom. The molecule has 0 unspecified atom stereocenters. The van der Waals surface area contributed by atoms with Gasteiger partial charge in [0.1, 0.15) is 0 Å². The number of nitrogens with zero attached hydrogens (tertiary/aromatic N) is 2. The lowest BCUT2D eigenvalue weighted by Gasteiger charge is -2.42. The maximum absolute atomic E-state index is 4.50. The monoisotopic (exact) mass is 358 g/mol. The van der Waals surface area contributed by atoms with Gasteiger partial charge >= 0.3 is 0 Å². The molecule has 0 amide bonds. The van der Waals surface area contributed by atoms with Crippen LogP contribution in [0.1, 0.15) is 34.6 Å². The van der Waals surface area contributed by atoms with Gasteiger partial charge in [-0.2, -0.15) is 0 Å². The van der Waals surface area contributed by atoms with Crippen LogP contribution in [-0.2, 0) is 0 Å². The molecule has 0 saturated heterocycles. The van der Waals surface area contributed by atoms with E-state index < -0.39 is 0 Å². The highest BCUT2D eigenvalue weighted by molar-refractivity contribution is 5.74. The first-order valence-electron chi connectivity index (χ1n) is 9.53. The fourth-order valence-electron chi connectivity index (χ4n) is 3.79. The highest BCUT2D eigenvalue weighted by Gasteiger charge is 2.33. The number of likely N-dealkylation sites (N-methyl/N-ethyl adjacent to an activating group) is 1. The van der Waals surface area contributed by atoms with Crippen molar-refractivity contribution in [2.75, 3.05) is 11.9 Å². The van der Waals surface area contributed by atoms with Crippen molar-refractivity contribution in [2.24, 2.45) is 5.92 Å². The Morgan fingerprint density at radius 2 is 1.70 bits per heavy atom. The van der Waals surface area contributed by atoms with E-state index in [1.54, 1.807) is 0 Å². The molecule has 0 atom stereocenters. The quantitative estimate of drug-likeness (QED) is 0.604. The SMILES string of the molecule is C=C1C(C)=C(C=C(C)C)N(C)C2=C1C(=C)N(c1ccccc1)C(C(C)C)=C2. The van der Waals surface area contributed by atoms with E-state index in [0.717, 1.165) is 22.5 Å². The molecule has 0 spiro atoms. The highest BCUT2D eigenvalue weighted by Crippen LogP contribution is 2.45. The van der Waals surface area contributed by atoms with Gasteiger partial charge < -0.3 is 9.80 Å². The Balaban J connectivity index is 2.19. The zero-order valence-corrected chi connectivity index (χ0v) is 17.4. The molecule has 0 fully saturated rings. The van der Waals surface area contributed by atoms with Gasteiger partial charge in [-0.25, -0.2) is 0 Å². The smallest absolute Gasteiger partial charge is 0.0526 e. The number of hydrogen-bond acceptors (Lipinski definition) is 2. The Morgan fingerprint density at radius 3 is 2.26 bits per heavy atom. The number of hydrogen-bond donors (Lipinski definition) is 0. The summed E-state index contributed by atoms with van der Waals surface area (Å²) in [6.07, 6.45) is 4.54. The van der Waals surface area contributed by atoms with Gasteiger partial charge in [0.25, 0.3) is 0 Å². The van der Waals surface area contributed by atoms with E-state index in [1.165, 1.54) is 28.2 Å². The fraction of sp³-hybridized carbons (Fsp3) is 0.280. The lowest BCUT2D eigenvalue weighted by atomic mass is 9.86. The van der Waals surface area contributed by atoms with Gasteiger partial charge in [-0.05, 0) is 62.1 Å². The highest BCUT2D eigenvalue weighted by atomic mass is 15.2. The van der Waals surface area contributed by atoms with E-state index in [-0.39, 0.29) is 0 Å². The Hall–Kier alpha value is -2.74. The van der Waals surface area contributed by atoms with Gasteiger partial charge in [-0.1, -0.05) is 50.8 Å². The molecule has 2 heteroatoms. The summed E-state index contributed by atoms with van der Waals surface area (Å²) in [6, 6.07) is 10.5. The first kappa shape index (κ1) is 19.0. The molecule has 0 aliphatic carbocycles. The minimum absolute atomic E-state index is 0.372. The second-order valence-corrected chi connectivity index (χ2v) is 7.87. The van der Waals surface area contributed by atoms with Crippen LogP contribution >= 0.6 is 0 Å². The lowest BCUT2D eigenvalue weighted by Crippen LogP contribution is -2.35. The molecule has 2 nitrogen and oxygen atoms in total. The van der Waals surface area contributed by atoms with Crippen LogP contribution in [0.4, 0.5) is 5.69 Å². The van der Waals surface area contributed by atoms with Crippen LogP contribution in [-0.4, -0.2) is 11.9 Å². The zero-order chi connectivity index (χ0) is 19.9. The molecule has 2 aliphatic rings. The number of rotatable bonds is 3. The second-order valence-electron chi connectivity index (χ2n) is 7.87. The van der Waals surface area contributed by atoms with Crippen LogP contribution in [0.5, 0.6) is 0 Å². The van der Waals surface area contributed by atoms with E-state index in [0.29, 0.717) is 5.92 Å². The Labute approximate surface area is 164 Å². The predicted octanol–water partition coefficient (Wildman–Crippen LogP) is 6.56. The van der Waals surface area contributed by atoms with Crippen LogP contribution in [0, 0.1) is 5.92 Å². The standard InChI is InChI=1S/C25H30N2/c1-16(2)14-23-18(5)19(6)25-20(7)27(21-12-10-9-11-13-21)22(17(3)4)15-24(25)26(23)8/h9-15,17H,6-7H2,1-5,8H3. The molecule has 2 aliphatic heterocycles. The molecule has 2 heterocycles. The van der Waals surface area contributed by atoms with Gasteiger partial charge in [0.05, 0.1) is 5.70 Å². The molecule has 0 aromatic heterocycles. The van der Waals surface area contributed by atoms with Crippen molar-refractivity contribution in [3.8, 4) is 0 Å². The Bertz CT molecular complexity index is 916. The topological polar surface area (TPSA) is 6.48 Å². The number of allylic oxidation sites excluding steroid dienone is 6. The number of para-hydroxylation sites is 1. The fourth-order valence-corrected chi connectivity index (χ4v) is 3.79. The minimum Gasteiger partial charge on any atom is -0.344 e. The molecule has 3 rings (SSSR count). The van der Waals surface area contributed by atoms with Gasteiger partial charge in [0.2, 0.25) is 0 Å². The van der Waals surface area contributed by atoms with Crippen LogP contribution in [0.15, 0.2) is 101 Å². The normalized spacial score (nSPS) is 17.5. The zero-order valence-electron chi connectivity index (χ0n) is 17.4. The van der Waals surface area contributed by atoms with Crippen molar-refractivity contribution >= 4 is 5.69 Å². The first-order valence-corrected chi connectivity index (χ1v) is 9.53. The van der Waals surface area contributed by atoms with Crippen molar-refractivity contribution in [3.63, 3.8) is 0 Å². The average molecular weight is 359 g/mol. The maximum Gasteiger partial charge on any atom is 0.0526 e. The van der Waals surface area contributed by atoms with E-state index in [9.17, 15) is 0 Å². The average Bonchev–Trinajstić information content (AvgIpc) is 2.63. The summed E-state index contributed by atoms with van der Waals surface area (Å²) in [4.78, 5) is 4.56. The minimum atomic E-state index is 0.372. The van der Waals surface area contributed by atoms with Crippen LogP contribution in [0.3, 0.4) is 0 Å². The summed E-state index contributed by atoms with van der Waals surface area (Å²) in [6.45, 7) is 19.8. The van der Waals surface area contributed by atoms with E-state index in [4.69, 9.17) is 0 Å². The van der Waals surface area contributed by atoms with Crippen LogP contribution in [0.25, 0.3) is 0 Å². The summed E-state index contributed by atoms with van der Waals surface area (Å²) in [5, 5.41) is 0. The molecular formula is C25H30N2. The molecule has 1 aromatic rings. The van der Waals surface area contributed by atoms with Crippen molar-refractivity contribution in [1.82, 2.24) is 4.90 Å². The van der Waals surface area contributed by atoms with Gasteiger partial charge in [0.15, 0.2) is 0 Å². The summed E-state index contributed by atoms with van der Waals surface area (Å²) in [5.74, 6) is 0.372. The number of anilines is 1. The molecule has 0 N–H and O–H groups in total. The molecule has 0 bridgehead atoms. The number of benzene rings is 1. The van der Waals surface area contributed by atoms with E-state index in [1.807, 2.05) is 6.07 Å². The third kappa shape index (κ3) is 3.21. The third-order valence-electron chi connectivity index (χ3n) is 5.25. The van der Waals surface area contributed by atoms with Crippen LogP contribution in [0.2, 0.25) is 0 Å². The predicted molar refractivity (Wildman–Crippen MR) is 117 cm³/mol. The maximum atomic E-state index is 4.50. The second kappa shape index (κ2) is 7.11. The van der Waals surface area contributed by atoms with Crippen molar-refractivity contribution in [1.29, 1.82) is 0 Å². The summed E-state index contributed by atoms with van der Waals surface area (Å²) in [5.41, 5.74) is 10.4. The first-order chi connectivity index (χ1) is 12.7. The van der Waals surface area contributed by atoms with Crippen molar-refractivity contribution < 1.29 is 0 Å². The molecular weight excluding hydrogens is 328 g/mol. The molecule has 140 valence electrons. The molecule has 1 aromatic carbocycles. The largest absolute Gasteiger partial charge is 0.344 e. The van der Waals surface area contributed by atoms with Crippen LogP contribution < -0.4 is 4.90 Å². The van der Waals surface area contributed by atoms with E-state index in [2.05, 4.69) is 101 Å². The van der Waals surface area contributed by atoms with Gasteiger partial charge in [-0.15, -0.1) is 0 Å². The van der Waals surface area contributed by atoms with Crippen molar-refractivity contribution in [2.45, 2.75) is 34.6 Å². The van der Waals surface area contributed by atoms with Gasteiger partial charge in [0, 0.05) is 35.4 Å². The van der Waals surface area contributed by atoms with Crippen molar-refractivity contribution in [3.05, 3.63) is 101 Å². The van der Waals surface area contributed by atoms with Gasteiger partial charge in [-0.3, -0.25) is 0 Å². The Kier molecular flexibility index (Phi) is 5.01. The molecule has 0 radical (unpaired) electrons. The summed E-state index contributed by atoms with van der Waals surface area (Å²) < 4.78 is 0. The molecule has 27 heavy (non-hydrogen) atoms. The van der Waals surface area contributed by atoms with E-state index >= 15 is 0 Å².